The molecule has 220 valence electrons. The fourth-order valence-electron chi connectivity index (χ4n) is 11.6. The molecule has 3 fully saturated rings. The predicted octanol–water partition coefficient (Wildman–Crippen LogP) is 7.12. The highest BCUT2D eigenvalue weighted by atomic mass is 16.5. The molecule has 0 amide bonds. The number of hydrogen-bond acceptors (Lipinski definition) is 6. The molecular weight excluding hydrogens is 500 g/mol. The van der Waals surface area contributed by atoms with E-state index < -0.39 is 5.41 Å². The van der Waals surface area contributed by atoms with E-state index in [-0.39, 0.29) is 45.4 Å². The highest BCUT2D eigenvalue weighted by Gasteiger charge is 2.69. The number of esters is 1. The first-order valence-corrected chi connectivity index (χ1v) is 15.8. The molecule has 0 spiro atoms. The number of aromatic nitrogens is 2. The number of nitrogens with zero attached hydrogens (tertiary/aromatic N) is 2. The number of carbonyl (C=O) groups excluding carboxylic acids is 1. The smallest absolute Gasteiger partial charge is 0.317 e. The standard InChI is InChI=1S/C34H50N2O4/c1-9-40-28(38)34-15-12-19(2)20(3)25(34)22-10-11-24-31(6)18-21-26(35-29(39)36-27(21)37)30(4,5)23(31)13-14-33(24,8)32(22,7)16-17-34/h10,19-20,23-25H,9,11-18H2,1-8H3,(H2,35,36,37,39)/t19-,20+,23+,24-,25+,31+,32-,33-,34+/m1/s1. The highest BCUT2D eigenvalue weighted by molar-refractivity contribution is 5.79. The van der Waals surface area contributed by atoms with Crippen molar-refractivity contribution in [1.29, 1.82) is 0 Å². The molecule has 0 saturated heterocycles. The lowest BCUT2D eigenvalue weighted by atomic mass is 9.33. The molecule has 6 nitrogen and oxygen atoms in total. The van der Waals surface area contributed by atoms with Gasteiger partial charge < -0.3 is 14.9 Å². The Morgan fingerprint density at radius 2 is 1.73 bits per heavy atom. The van der Waals surface area contributed by atoms with Crippen LogP contribution in [0.15, 0.2) is 11.6 Å². The van der Waals surface area contributed by atoms with Gasteiger partial charge in [-0.25, -0.2) is 0 Å². The van der Waals surface area contributed by atoms with Crippen LogP contribution in [0.1, 0.15) is 112 Å². The van der Waals surface area contributed by atoms with E-state index in [9.17, 15) is 15.0 Å². The third-order valence-corrected chi connectivity index (χ3v) is 13.9. The molecule has 1 aromatic rings. The SMILES string of the molecule is CCOC(=O)[C@]12CC[C@@H](C)[C@H](C)[C@H]1C1=CC[C@@H]3[C@@]4(C)Cc5c(O)nc(O)nc5C(C)(C)[C@@H]4CC[C@@]3(C)[C@]1(C)CC2. The van der Waals surface area contributed by atoms with Gasteiger partial charge in [0.25, 0.3) is 0 Å². The zero-order chi connectivity index (χ0) is 29.0. The maximum absolute atomic E-state index is 13.7. The van der Waals surface area contributed by atoms with Crippen LogP contribution in [0.5, 0.6) is 11.9 Å². The lowest BCUT2D eigenvalue weighted by molar-refractivity contribution is -0.183. The Morgan fingerprint density at radius 1 is 1.00 bits per heavy atom. The molecule has 0 bridgehead atoms. The van der Waals surface area contributed by atoms with Crippen molar-refractivity contribution in [3.05, 3.63) is 22.9 Å². The van der Waals surface area contributed by atoms with E-state index in [0.717, 1.165) is 62.6 Å². The second-order valence-electron chi connectivity index (χ2n) is 15.6. The summed E-state index contributed by atoms with van der Waals surface area (Å²) in [5.74, 6) is 2.05. The van der Waals surface area contributed by atoms with Crippen molar-refractivity contribution < 1.29 is 19.7 Å². The van der Waals surface area contributed by atoms with E-state index in [2.05, 4.69) is 64.5 Å². The molecule has 5 aliphatic rings. The summed E-state index contributed by atoms with van der Waals surface area (Å²) >= 11 is 0. The Bertz CT molecular complexity index is 1270. The lowest BCUT2D eigenvalue weighted by Crippen LogP contribution is -2.65. The van der Waals surface area contributed by atoms with Crippen LogP contribution >= 0.6 is 0 Å². The third kappa shape index (κ3) is 3.31. The highest BCUT2D eigenvalue weighted by Crippen LogP contribution is 2.75. The number of allylic oxidation sites excluding steroid dienone is 2. The molecular formula is C34H50N2O4. The number of ether oxygens (including phenoxy) is 1. The molecule has 0 aliphatic heterocycles. The molecule has 3 saturated carbocycles. The van der Waals surface area contributed by atoms with Crippen molar-refractivity contribution in [2.75, 3.05) is 6.61 Å². The lowest BCUT2D eigenvalue weighted by Gasteiger charge is -2.70. The van der Waals surface area contributed by atoms with Gasteiger partial charge in [0.2, 0.25) is 5.88 Å². The van der Waals surface area contributed by atoms with Gasteiger partial charge in [-0.15, -0.1) is 0 Å². The van der Waals surface area contributed by atoms with Crippen molar-refractivity contribution in [2.24, 2.45) is 51.2 Å². The fraction of sp³-hybridized carbons (Fsp3) is 0.794. The monoisotopic (exact) mass is 550 g/mol. The first-order chi connectivity index (χ1) is 18.7. The Hall–Kier alpha value is -2.11. The molecule has 6 rings (SSSR count). The zero-order valence-corrected chi connectivity index (χ0v) is 25.9. The van der Waals surface area contributed by atoms with Crippen LogP contribution in [0.25, 0.3) is 0 Å². The summed E-state index contributed by atoms with van der Waals surface area (Å²) < 4.78 is 5.81. The van der Waals surface area contributed by atoms with E-state index in [1.165, 1.54) is 0 Å². The van der Waals surface area contributed by atoms with E-state index in [4.69, 9.17) is 4.74 Å². The van der Waals surface area contributed by atoms with E-state index in [1.54, 1.807) is 5.57 Å². The number of aromatic hydroxyl groups is 2. The van der Waals surface area contributed by atoms with Crippen LogP contribution in [0.3, 0.4) is 0 Å². The Labute approximate surface area is 240 Å². The summed E-state index contributed by atoms with van der Waals surface area (Å²) in [5, 5.41) is 21.1. The zero-order valence-electron chi connectivity index (χ0n) is 25.9. The van der Waals surface area contributed by atoms with Gasteiger partial charge in [-0.05, 0) is 104 Å². The van der Waals surface area contributed by atoms with E-state index in [0.29, 0.717) is 30.3 Å². The van der Waals surface area contributed by atoms with Gasteiger partial charge in [0.05, 0.1) is 17.7 Å². The molecule has 0 unspecified atom stereocenters. The summed E-state index contributed by atoms with van der Waals surface area (Å²) in [6.07, 6.45) is 10.5. The average molecular weight is 551 g/mol. The topological polar surface area (TPSA) is 92.5 Å². The molecule has 5 aliphatic carbocycles. The molecule has 40 heavy (non-hydrogen) atoms. The van der Waals surface area contributed by atoms with Crippen LogP contribution < -0.4 is 0 Å². The summed E-state index contributed by atoms with van der Waals surface area (Å²) in [5.41, 5.74) is 2.51. The van der Waals surface area contributed by atoms with Crippen LogP contribution in [0, 0.1) is 51.2 Å². The summed E-state index contributed by atoms with van der Waals surface area (Å²) in [7, 11) is 0. The largest absolute Gasteiger partial charge is 0.493 e. The second kappa shape index (κ2) is 8.70. The maximum Gasteiger partial charge on any atom is 0.317 e. The van der Waals surface area contributed by atoms with Gasteiger partial charge in [-0.2, -0.15) is 9.97 Å². The van der Waals surface area contributed by atoms with Crippen molar-refractivity contribution in [3.8, 4) is 11.9 Å². The molecule has 1 heterocycles. The summed E-state index contributed by atoms with van der Waals surface area (Å²) in [4.78, 5) is 22.2. The summed E-state index contributed by atoms with van der Waals surface area (Å²) in [6.45, 7) is 19.2. The van der Waals surface area contributed by atoms with Gasteiger partial charge in [0.1, 0.15) is 0 Å². The third-order valence-electron chi connectivity index (χ3n) is 13.9. The Kier molecular flexibility index (Phi) is 6.10. The average Bonchev–Trinajstić information content (AvgIpc) is 2.87. The van der Waals surface area contributed by atoms with Gasteiger partial charge in [-0.1, -0.05) is 60.1 Å². The minimum Gasteiger partial charge on any atom is -0.493 e. The maximum atomic E-state index is 13.7. The second-order valence-corrected chi connectivity index (χ2v) is 15.6. The first-order valence-electron chi connectivity index (χ1n) is 15.8. The number of fused-ring (bicyclic) bond motifs is 8. The van der Waals surface area contributed by atoms with Crippen LogP contribution in [-0.4, -0.2) is 32.8 Å². The Morgan fingerprint density at radius 3 is 2.42 bits per heavy atom. The van der Waals surface area contributed by atoms with E-state index in [1.807, 2.05) is 6.92 Å². The Balaban J connectivity index is 1.47. The summed E-state index contributed by atoms with van der Waals surface area (Å²) in [6, 6.07) is -0.338. The number of rotatable bonds is 2. The van der Waals surface area contributed by atoms with Crippen molar-refractivity contribution in [3.63, 3.8) is 0 Å². The van der Waals surface area contributed by atoms with Crippen molar-refractivity contribution in [2.45, 2.75) is 112 Å². The van der Waals surface area contributed by atoms with Crippen LogP contribution in [0.4, 0.5) is 0 Å². The molecule has 2 N–H and O–H groups in total. The van der Waals surface area contributed by atoms with Gasteiger partial charge in [-0.3, -0.25) is 4.79 Å². The number of hydrogen-bond donors (Lipinski definition) is 2. The molecule has 1 aromatic heterocycles. The fourth-order valence-corrected chi connectivity index (χ4v) is 11.6. The van der Waals surface area contributed by atoms with Crippen LogP contribution in [-0.2, 0) is 21.4 Å². The molecule has 6 heteroatoms. The molecule has 0 radical (unpaired) electrons. The van der Waals surface area contributed by atoms with E-state index >= 15 is 0 Å². The number of carbonyl (C=O) groups is 1. The van der Waals surface area contributed by atoms with Gasteiger partial charge in [0, 0.05) is 11.0 Å². The predicted molar refractivity (Wildman–Crippen MR) is 155 cm³/mol. The van der Waals surface area contributed by atoms with Crippen LogP contribution in [0.2, 0.25) is 0 Å². The first kappa shape index (κ1) is 28.0. The van der Waals surface area contributed by atoms with Gasteiger partial charge in [0.15, 0.2) is 0 Å². The molecule has 9 atom stereocenters. The normalized spacial score (nSPS) is 45.1. The van der Waals surface area contributed by atoms with Gasteiger partial charge >= 0.3 is 12.0 Å². The van der Waals surface area contributed by atoms with Crippen molar-refractivity contribution >= 4 is 5.97 Å². The minimum absolute atomic E-state index is 0.00774. The quantitative estimate of drug-likeness (QED) is 0.301. The minimum atomic E-state index is -0.394. The molecule has 0 aromatic carbocycles. The van der Waals surface area contributed by atoms with Crippen molar-refractivity contribution in [1.82, 2.24) is 9.97 Å².